The van der Waals surface area contributed by atoms with E-state index in [1.807, 2.05) is 25.1 Å². The Morgan fingerprint density at radius 3 is 2.60 bits per heavy atom. The van der Waals surface area contributed by atoms with Crippen LogP contribution in [0.2, 0.25) is 5.02 Å². The summed E-state index contributed by atoms with van der Waals surface area (Å²) >= 11 is 6.48. The van der Waals surface area contributed by atoms with Crippen LogP contribution >= 0.6 is 11.6 Å². The maximum atomic E-state index is 13.6. The zero-order valence-corrected chi connectivity index (χ0v) is 30.3. The van der Waals surface area contributed by atoms with Gasteiger partial charge in [0.15, 0.2) is 0 Å². The highest BCUT2D eigenvalue weighted by atomic mass is 35.5. The van der Waals surface area contributed by atoms with Gasteiger partial charge < -0.3 is 14.4 Å². The minimum absolute atomic E-state index is 0.0693. The van der Waals surface area contributed by atoms with Crippen LogP contribution in [-0.2, 0) is 26.6 Å². The summed E-state index contributed by atoms with van der Waals surface area (Å²) in [6, 6.07) is 12.2. The smallest absolute Gasteiger partial charge is 0.264 e. The molecule has 0 unspecified atom stereocenters. The van der Waals surface area contributed by atoms with Crippen molar-refractivity contribution in [3.63, 3.8) is 0 Å². The Balaban J connectivity index is 1.28. The number of hydrogen-bond acceptors (Lipinski definition) is 7. The SMILES string of the molecule is C[C@H]([C@H]1CCC[C@H](C)[C@@H](C)S(=O)(=O)NC(=O)c2ccc3c(c2)N(C[C@@H]2CC[C@H]21)C[C@@]1(CCCc2cc(Cl)ccc21)CO3)N1CCOCC1. The predicted molar refractivity (Wildman–Crippen MR) is 191 cm³/mol. The van der Waals surface area contributed by atoms with Crippen LogP contribution in [-0.4, -0.2) is 76.5 Å². The molecule has 5 aliphatic rings. The molecule has 1 spiro atoms. The van der Waals surface area contributed by atoms with Crippen LogP contribution in [0.3, 0.4) is 0 Å². The molecule has 1 saturated carbocycles. The summed E-state index contributed by atoms with van der Waals surface area (Å²) in [6.07, 6.45) is 8.35. The Kier molecular flexibility index (Phi) is 9.79. The first kappa shape index (κ1) is 34.1. The molecule has 2 aromatic carbocycles. The lowest BCUT2D eigenvalue weighted by molar-refractivity contribution is -0.0220. The summed E-state index contributed by atoms with van der Waals surface area (Å²) in [5.41, 5.74) is 3.62. The van der Waals surface area contributed by atoms with E-state index in [2.05, 4.69) is 33.6 Å². The van der Waals surface area contributed by atoms with Crippen molar-refractivity contribution in [2.75, 3.05) is 50.9 Å². The highest BCUT2D eigenvalue weighted by Crippen LogP contribution is 2.49. The van der Waals surface area contributed by atoms with Crippen molar-refractivity contribution < 1.29 is 22.7 Å². The lowest BCUT2D eigenvalue weighted by Crippen LogP contribution is -2.52. The van der Waals surface area contributed by atoms with Gasteiger partial charge in [-0.25, -0.2) is 13.1 Å². The summed E-state index contributed by atoms with van der Waals surface area (Å²) in [6.45, 7) is 11.9. The van der Waals surface area contributed by atoms with E-state index in [1.54, 1.807) is 13.0 Å². The number of ether oxygens (including phenoxy) is 2. The molecule has 8 nitrogen and oxygen atoms in total. The molecule has 2 bridgehead atoms. The largest absolute Gasteiger partial charge is 0.490 e. The number of halogens is 1. The quantitative estimate of drug-likeness (QED) is 0.386. The molecule has 10 heteroatoms. The van der Waals surface area contributed by atoms with Crippen LogP contribution in [0.5, 0.6) is 5.75 Å². The average Bonchev–Trinajstić information content (AvgIpc) is 3.21. The molecule has 7 atom stereocenters. The Bertz CT molecular complexity index is 1610. The van der Waals surface area contributed by atoms with Gasteiger partial charge >= 0.3 is 0 Å². The minimum Gasteiger partial charge on any atom is -0.490 e. The van der Waals surface area contributed by atoms with Crippen molar-refractivity contribution in [1.82, 2.24) is 9.62 Å². The number of rotatable bonds is 2. The first-order valence-corrected chi connectivity index (χ1v) is 20.2. The minimum atomic E-state index is -3.87. The Morgan fingerprint density at radius 2 is 1.83 bits per heavy atom. The molecule has 2 aliphatic carbocycles. The number of aryl methyl sites for hydroxylation is 1. The highest BCUT2D eigenvalue weighted by molar-refractivity contribution is 7.90. The van der Waals surface area contributed by atoms with Crippen molar-refractivity contribution in [2.24, 2.45) is 23.7 Å². The first-order chi connectivity index (χ1) is 23.0. The van der Waals surface area contributed by atoms with Crippen LogP contribution in [0.25, 0.3) is 0 Å². The van der Waals surface area contributed by atoms with Crippen molar-refractivity contribution in [2.45, 2.75) is 88.8 Å². The third kappa shape index (κ3) is 6.61. The van der Waals surface area contributed by atoms with Crippen molar-refractivity contribution in [3.05, 3.63) is 58.1 Å². The van der Waals surface area contributed by atoms with Crippen molar-refractivity contribution >= 4 is 33.2 Å². The van der Waals surface area contributed by atoms with Crippen molar-refractivity contribution in [1.29, 1.82) is 0 Å². The summed E-state index contributed by atoms with van der Waals surface area (Å²) in [7, 11) is -3.87. The average molecular weight is 698 g/mol. The van der Waals surface area contributed by atoms with E-state index >= 15 is 0 Å². The second kappa shape index (κ2) is 13.8. The van der Waals surface area contributed by atoms with Gasteiger partial charge in [-0.05, 0) is 124 Å². The molecule has 1 N–H and O–H groups in total. The third-order valence-corrected chi connectivity index (χ3v) is 14.9. The van der Waals surface area contributed by atoms with E-state index in [1.165, 1.54) is 24.0 Å². The molecule has 2 aromatic rings. The van der Waals surface area contributed by atoms with Crippen LogP contribution in [0, 0.1) is 23.7 Å². The maximum Gasteiger partial charge on any atom is 0.264 e. The van der Waals surface area contributed by atoms with E-state index in [4.69, 9.17) is 21.1 Å². The number of carbonyl (C=O) groups excluding carboxylic acids is 1. The Morgan fingerprint density at radius 1 is 1.02 bits per heavy atom. The second-order valence-electron chi connectivity index (χ2n) is 15.4. The van der Waals surface area contributed by atoms with Gasteiger partial charge in [0.2, 0.25) is 10.0 Å². The Hall–Kier alpha value is -2.33. The first-order valence-electron chi connectivity index (χ1n) is 18.2. The third-order valence-electron chi connectivity index (χ3n) is 12.7. The lowest BCUT2D eigenvalue weighted by atomic mass is 9.63. The van der Waals surface area contributed by atoms with Gasteiger partial charge in [0.25, 0.3) is 5.91 Å². The number of anilines is 1. The van der Waals surface area contributed by atoms with Crippen LogP contribution < -0.4 is 14.4 Å². The summed E-state index contributed by atoms with van der Waals surface area (Å²) < 4.78 is 41.8. The van der Waals surface area contributed by atoms with Crippen LogP contribution in [0.1, 0.15) is 87.2 Å². The van der Waals surface area contributed by atoms with E-state index < -0.39 is 21.2 Å². The molecule has 48 heavy (non-hydrogen) atoms. The molecule has 1 saturated heterocycles. The number of morpholine rings is 1. The predicted octanol–water partition coefficient (Wildman–Crippen LogP) is 6.44. The number of sulfonamides is 1. The van der Waals surface area contributed by atoms with Crippen molar-refractivity contribution in [3.8, 4) is 5.75 Å². The standard InChI is InChI=1S/C38H52ClN3O5S/c1-25-6-4-8-32(26(2)41-16-18-46-19-17-41)33-12-9-30(33)22-42-23-38(15-5-7-28-20-31(39)11-13-34(28)38)24-47-36-14-10-29(21-35(36)42)37(43)40-48(44,45)27(25)3/h10-11,13-14,20-21,25-27,30,32-33H,4-9,12,15-19,22-24H2,1-3H3,(H,40,43)/t25-,26+,27+,30-,32+,33+,38-/m0/s1. The number of benzene rings is 2. The van der Waals surface area contributed by atoms with E-state index in [-0.39, 0.29) is 11.3 Å². The van der Waals surface area contributed by atoms with Gasteiger partial charge in [-0.3, -0.25) is 9.69 Å². The molecule has 0 aromatic heterocycles. The lowest BCUT2D eigenvalue weighted by Gasteiger charge is -2.50. The van der Waals surface area contributed by atoms with E-state index in [0.717, 1.165) is 94.4 Å². The zero-order valence-electron chi connectivity index (χ0n) is 28.8. The summed E-state index contributed by atoms with van der Waals surface area (Å²) in [5.74, 6) is 1.73. The number of carbonyl (C=O) groups is 1. The molecule has 7 rings (SSSR count). The molecule has 0 radical (unpaired) electrons. The van der Waals surface area contributed by atoms with Crippen LogP contribution in [0.4, 0.5) is 5.69 Å². The number of amides is 1. The van der Waals surface area contributed by atoms with Gasteiger partial charge in [0.05, 0.1) is 30.8 Å². The topological polar surface area (TPSA) is 88.2 Å². The normalized spacial score (nSPS) is 33.3. The van der Waals surface area contributed by atoms with E-state index in [0.29, 0.717) is 36.0 Å². The summed E-state index contributed by atoms with van der Waals surface area (Å²) in [5, 5.41) is 0.0852. The number of fused-ring (bicyclic) bond motifs is 4. The second-order valence-corrected chi connectivity index (χ2v) is 17.9. The fraction of sp³-hybridized carbons (Fsp3) is 0.658. The molecule has 3 aliphatic heterocycles. The number of hydrogen-bond donors (Lipinski definition) is 1. The number of nitrogens with zero attached hydrogens (tertiary/aromatic N) is 2. The van der Waals surface area contributed by atoms with Crippen LogP contribution in [0.15, 0.2) is 36.4 Å². The monoisotopic (exact) mass is 697 g/mol. The number of nitrogens with one attached hydrogen (secondary N) is 1. The molecule has 1 amide bonds. The maximum absolute atomic E-state index is 13.6. The van der Waals surface area contributed by atoms with Gasteiger partial charge in [-0.15, -0.1) is 0 Å². The molecular weight excluding hydrogens is 646 g/mol. The molecule has 2 fully saturated rings. The highest BCUT2D eigenvalue weighted by Gasteiger charge is 2.46. The fourth-order valence-corrected chi connectivity index (χ4v) is 11.0. The van der Waals surface area contributed by atoms with E-state index in [9.17, 15) is 13.2 Å². The van der Waals surface area contributed by atoms with Gasteiger partial charge in [-0.1, -0.05) is 31.0 Å². The molecule has 3 heterocycles. The molecule has 262 valence electrons. The van der Waals surface area contributed by atoms with Gasteiger partial charge in [-0.2, -0.15) is 0 Å². The zero-order chi connectivity index (χ0) is 33.6. The van der Waals surface area contributed by atoms with Gasteiger partial charge in [0, 0.05) is 48.2 Å². The summed E-state index contributed by atoms with van der Waals surface area (Å²) in [4.78, 5) is 18.7. The fourth-order valence-electron chi connectivity index (χ4n) is 9.49. The molecular formula is C38H52ClN3O5S. The van der Waals surface area contributed by atoms with Gasteiger partial charge in [0.1, 0.15) is 5.75 Å². The Labute approximate surface area is 291 Å².